The van der Waals surface area contributed by atoms with E-state index in [1.54, 1.807) is 6.07 Å². The van der Waals surface area contributed by atoms with Crippen molar-refractivity contribution in [3.63, 3.8) is 0 Å². The van der Waals surface area contributed by atoms with Crippen molar-refractivity contribution in [1.82, 2.24) is 4.98 Å². The van der Waals surface area contributed by atoms with E-state index in [-0.39, 0.29) is 16.6 Å². The smallest absolute Gasteiger partial charge is 0.341 e. The largest absolute Gasteiger partial charge is 0.477 e. The van der Waals surface area contributed by atoms with Crippen LogP contribution in [0.25, 0.3) is 0 Å². The Bertz CT molecular complexity index is 646. The number of aromatic carboxylic acids is 1. The summed E-state index contributed by atoms with van der Waals surface area (Å²) in [4.78, 5) is 15.0. The Morgan fingerprint density at radius 2 is 2.11 bits per heavy atom. The number of carbonyl (C=O) groups is 1. The van der Waals surface area contributed by atoms with Crippen molar-refractivity contribution in [3.8, 4) is 11.6 Å². The molecule has 98 valence electrons. The predicted octanol–water partition coefficient (Wildman–Crippen LogP) is 4.30. The molecule has 1 N–H and O–H groups in total. The van der Waals surface area contributed by atoms with E-state index in [9.17, 15) is 4.79 Å². The molecule has 19 heavy (non-hydrogen) atoms. The van der Waals surface area contributed by atoms with Gasteiger partial charge in [0.05, 0.1) is 0 Å². The summed E-state index contributed by atoms with van der Waals surface area (Å²) in [6.07, 6.45) is 0. The lowest BCUT2D eigenvalue weighted by Gasteiger charge is -2.10. The highest BCUT2D eigenvalue weighted by molar-refractivity contribution is 9.10. The van der Waals surface area contributed by atoms with E-state index in [2.05, 4.69) is 20.9 Å². The summed E-state index contributed by atoms with van der Waals surface area (Å²) in [7, 11) is 0. The number of rotatable bonds is 3. The quantitative estimate of drug-likeness (QED) is 0.845. The highest BCUT2D eigenvalue weighted by Gasteiger charge is 2.15. The number of ether oxygens (including phenoxy) is 1. The van der Waals surface area contributed by atoms with Gasteiger partial charge in [-0.1, -0.05) is 33.6 Å². The molecule has 0 aliphatic rings. The molecule has 0 bridgehead atoms. The molecule has 2 aromatic rings. The van der Waals surface area contributed by atoms with Crippen molar-refractivity contribution in [2.75, 3.05) is 0 Å². The molecular formula is C13H9BrClNO3. The summed E-state index contributed by atoms with van der Waals surface area (Å²) < 4.78 is 6.38. The van der Waals surface area contributed by atoms with E-state index < -0.39 is 5.97 Å². The van der Waals surface area contributed by atoms with Crippen LogP contribution in [-0.2, 0) is 0 Å². The van der Waals surface area contributed by atoms with Gasteiger partial charge >= 0.3 is 5.97 Å². The number of pyridine rings is 1. The van der Waals surface area contributed by atoms with Crippen LogP contribution in [-0.4, -0.2) is 16.1 Å². The zero-order valence-corrected chi connectivity index (χ0v) is 12.2. The molecule has 0 amide bonds. The molecule has 0 spiro atoms. The minimum atomic E-state index is -1.12. The first-order chi connectivity index (χ1) is 8.97. The molecule has 6 heteroatoms. The average molecular weight is 343 g/mol. The number of hydrogen-bond acceptors (Lipinski definition) is 3. The van der Waals surface area contributed by atoms with Crippen LogP contribution in [0.1, 0.15) is 15.9 Å². The molecule has 0 radical (unpaired) electrons. The van der Waals surface area contributed by atoms with Crippen LogP contribution in [0.15, 0.2) is 34.8 Å². The Kier molecular flexibility index (Phi) is 4.07. The van der Waals surface area contributed by atoms with Crippen LogP contribution in [0, 0.1) is 6.92 Å². The maximum Gasteiger partial charge on any atom is 0.341 e. The van der Waals surface area contributed by atoms with Crippen molar-refractivity contribution in [2.24, 2.45) is 0 Å². The zero-order chi connectivity index (χ0) is 14.0. The molecule has 0 fully saturated rings. The predicted molar refractivity (Wildman–Crippen MR) is 75.2 cm³/mol. The van der Waals surface area contributed by atoms with Crippen LogP contribution < -0.4 is 4.74 Å². The third kappa shape index (κ3) is 3.24. The van der Waals surface area contributed by atoms with Crippen molar-refractivity contribution < 1.29 is 14.6 Å². The molecule has 1 aromatic heterocycles. The van der Waals surface area contributed by atoms with E-state index in [0.29, 0.717) is 5.75 Å². The first-order valence-corrected chi connectivity index (χ1v) is 6.48. The van der Waals surface area contributed by atoms with Crippen LogP contribution in [0.5, 0.6) is 11.6 Å². The Labute approximate surface area is 123 Å². The van der Waals surface area contributed by atoms with Crippen LogP contribution in [0.3, 0.4) is 0 Å². The molecule has 0 aliphatic heterocycles. The van der Waals surface area contributed by atoms with Crippen molar-refractivity contribution >= 4 is 33.5 Å². The molecular weight excluding hydrogens is 334 g/mol. The lowest BCUT2D eigenvalue weighted by atomic mass is 10.2. The van der Waals surface area contributed by atoms with Gasteiger partial charge in [0.15, 0.2) is 0 Å². The second kappa shape index (κ2) is 5.59. The van der Waals surface area contributed by atoms with Gasteiger partial charge in [0, 0.05) is 4.47 Å². The second-order valence-electron chi connectivity index (χ2n) is 3.80. The summed E-state index contributed by atoms with van der Waals surface area (Å²) in [5, 5.41) is 9.26. The van der Waals surface area contributed by atoms with Gasteiger partial charge in [-0.05, 0) is 36.8 Å². The summed E-state index contributed by atoms with van der Waals surface area (Å²) >= 11 is 9.09. The van der Waals surface area contributed by atoms with Gasteiger partial charge in [-0.2, -0.15) is 0 Å². The molecule has 0 atom stereocenters. The third-order valence-corrected chi connectivity index (χ3v) is 3.12. The average Bonchev–Trinajstić information content (AvgIpc) is 2.33. The van der Waals surface area contributed by atoms with Gasteiger partial charge in [0.2, 0.25) is 5.88 Å². The Balaban J connectivity index is 2.45. The monoisotopic (exact) mass is 341 g/mol. The number of hydrogen-bond donors (Lipinski definition) is 1. The number of carboxylic acid groups (broad SMARTS) is 1. The van der Waals surface area contributed by atoms with E-state index in [1.165, 1.54) is 12.1 Å². The molecule has 0 unspecified atom stereocenters. The molecule has 2 rings (SSSR count). The highest BCUT2D eigenvalue weighted by atomic mass is 79.9. The number of nitrogens with zero attached hydrogens (tertiary/aromatic N) is 1. The standard InChI is InChI=1S/C13H9BrClNO3/c1-7-2-3-8(14)6-10(7)19-12-9(13(17)18)4-5-11(15)16-12/h2-6H,1H3,(H,17,18). The van der Waals surface area contributed by atoms with Crippen molar-refractivity contribution in [3.05, 3.63) is 51.1 Å². The van der Waals surface area contributed by atoms with Crippen LogP contribution >= 0.6 is 27.5 Å². The minimum absolute atomic E-state index is 0.0267. The van der Waals surface area contributed by atoms with Gasteiger partial charge in [0.25, 0.3) is 0 Å². The highest BCUT2D eigenvalue weighted by Crippen LogP contribution is 2.29. The topological polar surface area (TPSA) is 59.4 Å². The number of aryl methyl sites for hydroxylation is 1. The fourth-order valence-electron chi connectivity index (χ4n) is 1.45. The van der Waals surface area contributed by atoms with Gasteiger partial charge in [-0.25, -0.2) is 9.78 Å². The molecule has 1 heterocycles. The summed E-state index contributed by atoms with van der Waals surface area (Å²) in [5.41, 5.74) is 0.824. The van der Waals surface area contributed by atoms with Crippen molar-refractivity contribution in [2.45, 2.75) is 6.92 Å². The molecule has 0 aliphatic carbocycles. The zero-order valence-electron chi connectivity index (χ0n) is 9.85. The molecule has 4 nitrogen and oxygen atoms in total. The minimum Gasteiger partial charge on any atom is -0.477 e. The Morgan fingerprint density at radius 1 is 1.37 bits per heavy atom. The van der Waals surface area contributed by atoms with E-state index in [4.69, 9.17) is 21.4 Å². The number of aromatic nitrogens is 1. The SMILES string of the molecule is Cc1ccc(Br)cc1Oc1nc(Cl)ccc1C(=O)O. The fraction of sp³-hybridized carbons (Fsp3) is 0.0769. The number of halogens is 2. The normalized spacial score (nSPS) is 10.3. The third-order valence-electron chi connectivity index (χ3n) is 2.41. The fourth-order valence-corrected chi connectivity index (χ4v) is 1.93. The lowest BCUT2D eigenvalue weighted by Crippen LogP contribution is -2.02. The molecule has 0 saturated carbocycles. The number of carboxylic acids is 1. The Hall–Kier alpha value is -1.59. The summed E-state index contributed by atoms with van der Waals surface area (Å²) in [6.45, 7) is 1.85. The number of benzene rings is 1. The summed E-state index contributed by atoms with van der Waals surface area (Å²) in [6, 6.07) is 8.23. The maximum atomic E-state index is 11.1. The van der Waals surface area contributed by atoms with E-state index >= 15 is 0 Å². The maximum absolute atomic E-state index is 11.1. The van der Waals surface area contributed by atoms with Crippen LogP contribution in [0.4, 0.5) is 0 Å². The van der Waals surface area contributed by atoms with Gasteiger partial charge in [-0.15, -0.1) is 0 Å². The van der Waals surface area contributed by atoms with Gasteiger partial charge in [-0.3, -0.25) is 0 Å². The van der Waals surface area contributed by atoms with E-state index in [0.717, 1.165) is 10.0 Å². The summed E-state index contributed by atoms with van der Waals surface area (Å²) in [5.74, 6) is -0.625. The molecule has 0 saturated heterocycles. The molecule has 1 aromatic carbocycles. The van der Waals surface area contributed by atoms with Crippen LogP contribution in [0.2, 0.25) is 5.15 Å². The first-order valence-electron chi connectivity index (χ1n) is 5.31. The lowest BCUT2D eigenvalue weighted by molar-refractivity contribution is 0.0693. The first kappa shape index (κ1) is 13.8. The van der Waals surface area contributed by atoms with Gasteiger partial charge < -0.3 is 9.84 Å². The Morgan fingerprint density at radius 3 is 2.79 bits per heavy atom. The second-order valence-corrected chi connectivity index (χ2v) is 5.11. The van der Waals surface area contributed by atoms with E-state index in [1.807, 2.05) is 19.1 Å². The van der Waals surface area contributed by atoms with Gasteiger partial charge in [0.1, 0.15) is 16.5 Å². The van der Waals surface area contributed by atoms with Crippen molar-refractivity contribution in [1.29, 1.82) is 0 Å².